The summed E-state index contributed by atoms with van der Waals surface area (Å²) in [6.07, 6.45) is 2.85. The van der Waals surface area contributed by atoms with Crippen LogP contribution in [0.25, 0.3) is 0 Å². The molecule has 0 radical (unpaired) electrons. The minimum atomic E-state index is -0.742. The van der Waals surface area contributed by atoms with Crippen LogP contribution in [-0.4, -0.2) is 16.1 Å². The van der Waals surface area contributed by atoms with Crippen molar-refractivity contribution in [2.24, 2.45) is 5.92 Å². The molecule has 1 atom stereocenters. The number of nitrogens with zero attached hydrogens (tertiary/aromatic N) is 1. The van der Waals surface area contributed by atoms with Gasteiger partial charge < -0.3 is 5.11 Å². The second kappa shape index (κ2) is 4.60. The molecule has 0 fully saturated rings. The number of carbonyl (C=O) groups is 1. The van der Waals surface area contributed by atoms with Gasteiger partial charge in [0.05, 0.1) is 5.92 Å². The quantitative estimate of drug-likeness (QED) is 0.765. The largest absolute Gasteiger partial charge is 0.481 e. The Morgan fingerprint density at radius 1 is 1.62 bits per heavy atom. The molecule has 1 heterocycles. The van der Waals surface area contributed by atoms with Crippen LogP contribution in [0.5, 0.6) is 0 Å². The predicted octanol–water partition coefficient (Wildman–Crippen LogP) is 1.73. The predicted molar refractivity (Wildman–Crippen MR) is 49.4 cm³/mol. The fourth-order valence-corrected chi connectivity index (χ4v) is 1.18. The molecule has 70 valence electrons. The van der Waals surface area contributed by atoms with Crippen LogP contribution in [0.15, 0.2) is 24.4 Å². The first-order valence-electron chi connectivity index (χ1n) is 4.36. The summed E-state index contributed by atoms with van der Waals surface area (Å²) in [6, 6.07) is 5.55. The third-order valence-corrected chi connectivity index (χ3v) is 2.02. The van der Waals surface area contributed by atoms with E-state index in [1.54, 1.807) is 6.20 Å². The molecule has 3 heteroatoms. The van der Waals surface area contributed by atoms with E-state index in [0.29, 0.717) is 12.8 Å². The summed E-state index contributed by atoms with van der Waals surface area (Å²) in [4.78, 5) is 14.8. The highest BCUT2D eigenvalue weighted by Gasteiger charge is 2.15. The van der Waals surface area contributed by atoms with Gasteiger partial charge in [-0.05, 0) is 18.6 Å². The maximum Gasteiger partial charge on any atom is 0.306 e. The van der Waals surface area contributed by atoms with E-state index in [9.17, 15) is 4.79 Å². The lowest BCUT2D eigenvalue weighted by Gasteiger charge is -2.07. The van der Waals surface area contributed by atoms with Gasteiger partial charge >= 0.3 is 5.97 Å². The van der Waals surface area contributed by atoms with Gasteiger partial charge in [0.2, 0.25) is 0 Å². The lowest BCUT2D eigenvalue weighted by atomic mass is 10.0. The third-order valence-electron chi connectivity index (χ3n) is 2.02. The summed E-state index contributed by atoms with van der Waals surface area (Å²) in [5, 5.41) is 8.81. The summed E-state index contributed by atoms with van der Waals surface area (Å²) >= 11 is 0. The standard InChI is InChI=1S/C10H13NO2/c1-2-8(10(12)13)7-9-5-3-4-6-11-9/h3-6,8H,2,7H2,1H3,(H,12,13)/t8-/m0/s1. The molecule has 0 aliphatic heterocycles. The van der Waals surface area contributed by atoms with E-state index in [1.165, 1.54) is 0 Å². The number of rotatable bonds is 4. The van der Waals surface area contributed by atoms with Gasteiger partial charge in [-0.1, -0.05) is 13.0 Å². The average molecular weight is 179 g/mol. The molecule has 1 rings (SSSR count). The molecule has 0 saturated heterocycles. The Bertz CT molecular complexity index is 272. The lowest BCUT2D eigenvalue weighted by Crippen LogP contribution is -2.15. The molecule has 0 aliphatic carbocycles. The van der Waals surface area contributed by atoms with E-state index < -0.39 is 5.97 Å². The van der Waals surface area contributed by atoms with Crippen molar-refractivity contribution < 1.29 is 9.90 Å². The molecule has 0 saturated carbocycles. The summed E-state index contributed by atoms with van der Waals surface area (Å²) in [5.74, 6) is -1.05. The highest BCUT2D eigenvalue weighted by molar-refractivity contribution is 5.70. The molecule has 0 spiro atoms. The molecule has 3 nitrogen and oxygen atoms in total. The van der Waals surface area contributed by atoms with Crippen molar-refractivity contribution in [1.82, 2.24) is 4.98 Å². The van der Waals surface area contributed by atoms with Gasteiger partial charge in [0.1, 0.15) is 0 Å². The van der Waals surface area contributed by atoms with Crippen LogP contribution < -0.4 is 0 Å². The third kappa shape index (κ3) is 2.86. The molecule has 1 aromatic heterocycles. The number of hydrogen-bond donors (Lipinski definition) is 1. The summed E-state index contributed by atoms with van der Waals surface area (Å²) in [7, 11) is 0. The molecule has 0 bridgehead atoms. The van der Waals surface area contributed by atoms with E-state index in [-0.39, 0.29) is 5.92 Å². The van der Waals surface area contributed by atoms with Crippen LogP contribution in [0.2, 0.25) is 0 Å². The fourth-order valence-electron chi connectivity index (χ4n) is 1.18. The van der Waals surface area contributed by atoms with Crippen molar-refractivity contribution in [1.29, 1.82) is 0 Å². The molecule has 0 aromatic carbocycles. The van der Waals surface area contributed by atoms with Crippen molar-refractivity contribution >= 4 is 5.97 Å². The number of hydrogen-bond acceptors (Lipinski definition) is 2. The van der Waals surface area contributed by atoms with Gasteiger partial charge in [0.15, 0.2) is 0 Å². The van der Waals surface area contributed by atoms with Crippen LogP contribution >= 0.6 is 0 Å². The zero-order chi connectivity index (χ0) is 9.68. The van der Waals surface area contributed by atoms with Crippen molar-refractivity contribution in [3.63, 3.8) is 0 Å². The Morgan fingerprint density at radius 3 is 2.85 bits per heavy atom. The fraction of sp³-hybridized carbons (Fsp3) is 0.400. The zero-order valence-electron chi connectivity index (χ0n) is 7.60. The topological polar surface area (TPSA) is 50.2 Å². The summed E-state index contributed by atoms with van der Waals surface area (Å²) < 4.78 is 0. The first-order chi connectivity index (χ1) is 6.24. The summed E-state index contributed by atoms with van der Waals surface area (Å²) in [5.41, 5.74) is 0.844. The van der Waals surface area contributed by atoms with Gasteiger partial charge in [-0.3, -0.25) is 9.78 Å². The molecule has 1 N–H and O–H groups in total. The normalized spacial score (nSPS) is 12.4. The number of pyridine rings is 1. The molecule has 0 aliphatic rings. The van der Waals surface area contributed by atoms with Crippen molar-refractivity contribution in [2.45, 2.75) is 19.8 Å². The molecule has 0 unspecified atom stereocenters. The number of carboxylic acids is 1. The van der Waals surface area contributed by atoms with Crippen LogP contribution in [-0.2, 0) is 11.2 Å². The van der Waals surface area contributed by atoms with E-state index in [1.807, 2.05) is 25.1 Å². The Morgan fingerprint density at radius 2 is 2.38 bits per heavy atom. The second-order valence-electron chi connectivity index (χ2n) is 2.97. The highest BCUT2D eigenvalue weighted by atomic mass is 16.4. The van der Waals surface area contributed by atoms with Gasteiger partial charge in [0, 0.05) is 18.3 Å². The first-order valence-corrected chi connectivity index (χ1v) is 4.36. The first kappa shape index (κ1) is 9.71. The van der Waals surface area contributed by atoms with Gasteiger partial charge in [-0.2, -0.15) is 0 Å². The van der Waals surface area contributed by atoms with E-state index in [2.05, 4.69) is 4.98 Å². The average Bonchev–Trinajstić information content (AvgIpc) is 2.15. The van der Waals surface area contributed by atoms with Crippen molar-refractivity contribution in [3.05, 3.63) is 30.1 Å². The Labute approximate surface area is 77.4 Å². The number of carboxylic acid groups (broad SMARTS) is 1. The van der Waals surface area contributed by atoms with Crippen molar-refractivity contribution in [2.75, 3.05) is 0 Å². The second-order valence-corrected chi connectivity index (χ2v) is 2.97. The van der Waals surface area contributed by atoms with E-state index in [0.717, 1.165) is 5.69 Å². The zero-order valence-corrected chi connectivity index (χ0v) is 7.60. The van der Waals surface area contributed by atoms with Crippen LogP contribution in [0, 0.1) is 5.92 Å². The van der Waals surface area contributed by atoms with Gasteiger partial charge in [-0.15, -0.1) is 0 Å². The SMILES string of the molecule is CC[C@@H](Cc1ccccn1)C(=O)O. The minimum Gasteiger partial charge on any atom is -0.481 e. The van der Waals surface area contributed by atoms with Crippen LogP contribution in [0.3, 0.4) is 0 Å². The minimum absolute atomic E-state index is 0.310. The van der Waals surface area contributed by atoms with E-state index >= 15 is 0 Å². The maximum absolute atomic E-state index is 10.7. The lowest BCUT2D eigenvalue weighted by molar-refractivity contribution is -0.141. The Kier molecular flexibility index (Phi) is 3.43. The number of aliphatic carboxylic acids is 1. The van der Waals surface area contributed by atoms with Crippen LogP contribution in [0.1, 0.15) is 19.0 Å². The smallest absolute Gasteiger partial charge is 0.306 e. The number of aromatic nitrogens is 1. The molecular weight excluding hydrogens is 166 g/mol. The molecular formula is C10H13NO2. The molecule has 13 heavy (non-hydrogen) atoms. The van der Waals surface area contributed by atoms with Gasteiger partial charge in [0.25, 0.3) is 0 Å². The highest BCUT2D eigenvalue weighted by Crippen LogP contribution is 2.09. The van der Waals surface area contributed by atoms with Gasteiger partial charge in [-0.25, -0.2) is 0 Å². The van der Waals surface area contributed by atoms with Crippen molar-refractivity contribution in [3.8, 4) is 0 Å². The molecule has 0 amide bonds. The van der Waals surface area contributed by atoms with E-state index in [4.69, 9.17) is 5.11 Å². The molecule has 1 aromatic rings. The monoisotopic (exact) mass is 179 g/mol. The summed E-state index contributed by atoms with van der Waals surface area (Å²) in [6.45, 7) is 1.88. The maximum atomic E-state index is 10.7. The Hall–Kier alpha value is -1.38. The Balaban J connectivity index is 2.62. The van der Waals surface area contributed by atoms with Crippen LogP contribution in [0.4, 0.5) is 0 Å².